The molecule has 2 heterocycles. The quantitative estimate of drug-likeness (QED) is 0.700. The standard InChI is InChI=1S/C21H27N3O3S/c1-27-18-7-5-16(6-8-18)13-22-20(25)21(26)23-14-19(17-9-12-28-15-17)24-10-3-2-4-11-24/h5-9,12,15,19H,2-4,10-11,13-14H2,1H3,(H,22,25)(H,23,26). The number of methoxy groups -OCH3 is 1. The summed E-state index contributed by atoms with van der Waals surface area (Å²) in [6.45, 7) is 2.79. The van der Waals surface area contributed by atoms with Crippen LogP contribution in [0.25, 0.3) is 0 Å². The number of piperidine rings is 1. The van der Waals surface area contributed by atoms with Crippen LogP contribution in [0.15, 0.2) is 41.1 Å². The summed E-state index contributed by atoms with van der Waals surface area (Å²) in [5.41, 5.74) is 2.11. The number of thiophene rings is 1. The zero-order valence-electron chi connectivity index (χ0n) is 16.1. The summed E-state index contributed by atoms with van der Waals surface area (Å²) in [6, 6.07) is 9.58. The van der Waals surface area contributed by atoms with E-state index in [1.54, 1.807) is 18.4 Å². The van der Waals surface area contributed by atoms with E-state index in [-0.39, 0.29) is 6.04 Å². The minimum absolute atomic E-state index is 0.116. The molecule has 1 aliphatic heterocycles. The number of rotatable bonds is 7. The molecule has 7 heteroatoms. The summed E-state index contributed by atoms with van der Waals surface area (Å²) in [4.78, 5) is 26.8. The molecule has 1 atom stereocenters. The van der Waals surface area contributed by atoms with E-state index in [2.05, 4.69) is 32.4 Å². The van der Waals surface area contributed by atoms with Gasteiger partial charge in [-0.1, -0.05) is 18.6 Å². The Labute approximate surface area is 169 Å². The van der Waals surface area contributed by atoms with E-state index in [0.717, 1.165) is 24.4 Å². The Balaban J connectivity index is 1.50. The van der Waals surface area contributed by atoms with Gasteiger partial charge in [0.15, 0.2) is 0 Å². The SMILES string of the molecule is COc1ccc(CNC(=O)C(=O)NCC(c2ccsc2)N2CCCCC2)cc1. The molecule has 2 amide bonds. The Morgan fingerprint density at radius 1 is 1.07 bits per heavy atom. The molecule has 0 aliphatic carbocycles. The van der Waals surface area contributed by atoms with Gasteiger partial charge in [-0.3, -0.25) is 14.5 Å². The highest BCUT2D eigenvalue weighted by Crippen LogP contribution is 2.25. The van der Waals surface area contributed by atoms with Crippen molar-refractivity contribution >= 4 is 23.2 Å². The lowest BCUT2D eigenvalue weighted by molar-refractivity contribution is -0.139. The van der Waals surface area contributed by atoms with Crippen LogP contribution in [0.1, 0.15) is 36.4 Å². The summed E-state index contributed by atoms with van der Waals surface area (Å²) in [5.74, 6) is -0.450. The maximum absolute atomic E-state index is 12.3. The Hall–Kier alpha value is -2.38. The van der Waals surface area contributed by atoms with Gasteiger partial charge in [-0.15, -0.1) is 0 Å². The van der Waals surface area contributed by atoms with Crippen LogP contribution in [0.2, 0.25) is 0 Å². The molecule has 1 aromatic heterocycles. The number of nitrogens with zero attached hydrogens (tertiary/aromatic N) is 1. The Kier molecular flexibility index (Phi) is 7.45. The van der Waals surface area contributed by atoms with E-state index in [1.807, 2.05) is 24.3 Å². The molecule has 1 fully saturated rings. The van der Waals surface area contributed by atoms with E-state index in [4.69, 9.17) is 4.74 Å². The number of nitrogens with one attached hydrogen (secondary N) is 2. The number of carbonyl (C=O) groups is 2. The molecule has 0 saturated carbocycles. The number of carbonyl (C=O) groups excluding carboxylic acids is 2. The van der Waals surface area contributed by atoms with Crippen LogP contribution in [0.5, 0.6) is 5.75 Å². The van der Waals surface area contributed by atoms with Crippen LogP contribution in [-0.4, -0.2) is 43.5 Å². The fourth-order valence-electron chi connectivity index (χ4n) is 3.43. The van der Waals surface area contributed by atoms with Gasteiger partial charge >= 0.3 is 11.8 Å². The Bertz CT molecular complexity index is 756. The second kappa shape index (κ2) is 10.2. The lowest BCUT2D eigenvalue weighted by Crippen LogP contribution is -2.45. The number of hydrogen-bond acceptors (Lipinski definition) is 5. The van der Waals surface area contributed by atoms with Crippen LogP contribution in [0.4, 0.5) is 0 Å². The van der Waals surface area contributed by atoms with Crippen molar-refractivity contribution in [3.63, 3.8) is 0 Å². The van der Waals surface area contributed by atoms with Gasteiger partial charge in [0, 0.05) is 13.1 Å². The highest BCUT2D eigenvalue weighted by Gasteiger charge is 2.24. The van der Waals surface area contributed by atoms with Gasteiger partial charge in [-0.05, 0) is 66.0 Å². The van der Waals surface area contributed by atoms with Crippen molar-refractivity contribution in [3.8, 4) is 5.75 Å². The van der Waals surface area contributed by atoms with Crippen molar-refractivity contribution in [3.05, 3.63) is 52.2 Å². The van der Waals surface area contributed by atoms with Crippen molar-refractivity contribution in [1.82, 2.24) is 15.5 Å². The summed E-state index contributed by atoms with van der Waals surface area (Å²) >= 11 is 1.65. The number of hydrogen-bond donors (Lipinski definition) is 2. The monoisotopic (exact) mass is 401 g/mol. The predicted octanol–water partition coefficient (Wildman–Crippen LogP) is 2.72. The second-order valence-corrected chi connectivity index (χ2v) is 7.69. The van der Waals surface area contributed by atoms with Gasteiger partial charge in [0.1, 0.15) is 5.75 Å². The van der Waals surface area contributed by atoms with Crippen LogP contribution in [0, 0.1) is 0 Å². The molecule has 3 rings (SSSR count). The van der Waals surface area contributed by atoms with E-state index in [9.17, 15) is 9.59 Å². The Morgan fingerprint density at radius 3 is 2.43 bits per heavy atom. The number of ether oxygens (including phenoxy) is 1. The van der Waals surface area contributed by atoms with Crippen LogP contribution in [-0.2, 0) is 16.1 Å². The zero-order chi connectivity index (χ0) is 19.8. The first-order valence-corrected chi connectivity index (χ1v) is 10.6. The molecule has 2 N–H and O–H groups in total. The van der Waals surface area contributed by atoms with Crippen molar-refractivity contribution in [2.24, 2.45) is 0 Å². The predicted molar refractivity (Wildman–Crippen MR) is 110 cm³/mol. The maximum Gasteiger partial charge on any atom is 0.309 e. The molecule has 2 aromatic rings. The van der Waals surface area contributed by atoms with Gasteiger partial charge in [0.25, 0.3) is 0 Å². The first kappa shape index (κ1) is 20.4. The molecular weight excluding hydrogens is 374 g/mol. The van der Waals surface area contributed by atoms with Crippen LogP contribution < -0.4 is 15.4 Å². The summed E-state index contributed by atoms with van der Waals surface area (Å²) in [5, 5.41) is 9.66. The van der Waals surface area contributed by atoms with Crippen molar-refractivity contribution in [2.45, 2.75) is 31.8 Å². The highest BCUT2D eigenvalue weighted by atomic mass is 32.1. The zero-order valence-corrected chi connectivity index (χ0v) is 17.0. The third kappa shape index (κ3) is 5.56. The third-order valence-corrected chi connectivity index (χ3v) is 5.74. The average Bonchev–Trinajstić information content (AvgIpc) is 3.27. The lowest BCUT2D eigenvalue weighted by atomic mass is 10.0. The fraction of sp³-hybridized carbons (Fsp3) is 0.429. The smallest absolute Gasteiger partial charge is 0.309 e. The first-order chi connectivity index (χ1) is 13.7. The molecule has 1 aliphatic rings. The molecule has 0 bridgehead atoms. The summed E-state index contributed by atoms with van der Waals surface area (Å²) < 4.78 is 5.11. The van der Waals surface area contributed by atoms with Crippen molar-refractivity contribution in [1.29, 1.82) is 0 Å². The number of benzene rings is 1. The van der Waals surface area contributed by atoms with Gasteiger partial charge in [0.2, 0.25) is 0 Å². The molecule has 1 aromatic carbocycles. The minimum atomic E-state index is -0.612. The molecule has 0 radical (unpaired) electrons. The molecule has 0 spiro atoms. The van der Waals surface area contributed by atoms with E-state index in [1.165, 1.54) is 24.8 Å². The summed E-state index contributed by atoms with van der Waals surface area (Å²) in [6.07, 6.45) is 3.61. The van der Waals surface area contributed by atoms with E-state index in [0.29, 0.717) is 13.1 Å². The average molecular weight is 402 g/mol. The van der Waals surface area contributed by atoms with Gasteiger partial charge in [-0.2, -0.15) is 11.3 Å². The third-order valence-electron chi connectivity index (χ3n) is 5.03. The van der Waals surface area contributed by atoms with Crippen LogP contribution >= 0.6 is 11.3 Å². The topological polar surface area (TPSA) is 70.7 Å². The van der Waals surface area contributed by atoms with Crippen molar-refractivity contribution < 1.29 is 14.3 Å². The molecule has 150 valence electrons. The highest BCUT2D eigenvalue weighted by molar-refractivity contribution is 7.08. The number of likely N-dealkylation sites (tertiary alicyclic amines) is 1. The molecule has 1 unspecified atom stereocenters. The number of amides is 2. The molecule has 28 heavy (non-hydrogen) atoms. The van der Waals surface area contributed by atoms with E-state index >= 15 is 0 Å². The molecule has 1 saturated heterocycles. The Morgan fingerprint density at radius 2 is 1.79 bits per heavy atom. The van der Waals surface area contributed by atoms with Gasteiger partial charge in [0.05, 0.1) is 13.2 Å². The van der Waals surface area contributed by atoms with Crippen molar-refractivity contribution in [2.75, 3.05) is 26.7 Å². The lowest BCUT2D eigenvalue weighted by Gasteiger charge is -2.34. The first-order valence-electron chi connectivity index (χ1n) is 9.62. The fourth-order valence-corrected chi connectivity index (χ4v) is 4.14. The van der Waals surface area contributed by atoms with Gasteiger partial charge in [-0.25, -0.2) is 0 Å². The minimum Gasteiger partial charge on any atom is -0.497 e. The van der Waals surface area contributed by atoms with Gasteiger partial charge < -0.3 is 15.4 Å². The maximum atomic E-state index is 12.3. The van der Waals surface area contributed by atoms with E-state index < -0.39 is 11.8 Å². The normalized spacial score (nSPS) is 15.6. The van der Waals surface area contributed by atoms with Crippen LogP contribution in [0.3, 0.4) is 0 Å². The second-order valence-electron chi connectivity index (χ2n) is 6.91. The molecular formula is C21H27N3O3S. The summed E-state index contributed by atoms with van der Waals surface area (Å²) in [7, 11) is 1.61. The molecule has 6 nitrogen and oxygen atoms in total. The largest absolute Gasteiger partial charge is 0.497 e.